The average molecular weight is 270 g/mol. The molecule has 0 spiro atoms. The van der Waals surface area contributed by atoms with Crippen LogP contribution in [0.2, 0.25) is 5.02 Å². The van der Waals surface area contributed by atoms with Gasteiger partial charge in [0.25, 0.3) is 0 Å². The number of nitrogens with one attached hydrogen (secondary N) is 1. The van der Waals surface area contributed by atoms with Crippen molar-refractivity contribution in [3.05, 3.63) is 34.9 Å². The van der Waals surface area contributed by atoms with Gasteiger partial charge in [0, 0.05) is 11.6 Å². The summed E-state index contributed by atoms with van der Waals surface area (Å²) in [5.74, 6) is 0.724. The van der Waals surface area contributed by atoms with Crippen molar-refractivity contribution in [2.24, 2.45) is 5.92 Å². The summed E-state index contributed by atoms with van der Waals surface area (Å²) in [7, 11) is 0. The Balaban J connectivity index is 1.98. The Morgan fingerprint density at radius 3 is 2.72 bits per heavy atom. The minimum absolute atomic E-state index is 0.610. The highest BCUT2D eigenvalue weighted by molar-refractivity contribution is 6.31. The van der Waals surface area contributed by atoms with Crippen molar-refractivity contribution in [1.82, 2.24) is 5.32 Å². The fourth-order valence-electron chi connectivity index (χ4n) is 1.64. The number of halogens is 1. The Labute approximate surface area is 116 Å². The molecule has 0 atom stereocenters. The molecular formula is C15H24ClNO. The second kappa shape index (κ2) is 9.37. The Morgan fingerprint density at radius 1 is 1.22 bits per heavy atom. The fraction of sp³-hybridized carbons (Fsp3) is 0.600. The van der Waals surface area contributed by atoms with Gasteiger partial charge in [0.15, 0.2) is 0 Å². The van der Waals surface area contributed by atoms with Crippen LogP contribution >= 0.6 is 11.6 Å². The summed E-state index contributed by atoms with van der Waals surface area (Å²) < 4.78 is 5.62. The first-order valence-electron chi connectivity index (χ1n) is 6.72. The molecule has 1 N–H and O–H groups in total. The molecule has 0 amide bonds. The standard InChI is InChI=1S/C15H24ClNO/c1-13(2)11-17-9-5-6-10-18-12-14-7-3-4-8-15(14)16/h3-4,7-8,13,17H,5-6,9-12H2,1-2H3. The predicted molar refractivity (Wildman–Crippen MR) is 78.0 cm³/mol. The highest BCUT2D eigenvalue weighted by Crippen LogP contribution is 2.15. The first-order chi connectivity index (χ1) is 8.70. The van der Waals surface area contributed by atoms with Crippen LogP contribution in [0.1, 0.15) is 32.3 Å². The van der Waals surface area contributed by atoms with E-state index in [1.54, 1.807) is 0 Å². The molecule has 0 saturated heterocycles. The van der Waals surface area contributed by atoms with E-state index in [4.69, 9.17) is 16.3 Å². The van der Waals surface area contributed by atoms with Gasteiger partial charge in [0.05, 0.1) is 6.61 Å². The lowest BCUT2D eigenvalue weighted by molar-refractivity contribution is 0.117. The van der Waals surface area contributed by atoms with Crippen molar-refractivity contribution in [3.63, 3.8) is 0 Å². The minimum atomic E-state index is 0.610. The van der Waals surface area contributed by atoms with E-state index in [-0.39, 0.29) is 0 Å². The molecular weight excluding hydrogens is 246 g/mol. The number of ether oxygens (including phenoxy) is 1. The summed E-state index contributed by atoms with van der Waals surface area (Å²) in [4.78, 5) is 0. The van der Waals surface area contributed by atoms with Crippen LogP contribution in [0.25, 0.3) is 0 Å². The van der Waals surface area contributed by atoms with E-state index in [2.05, 4.69) is 19.2 Å². The highest BCUT2D eigenvalue weighted by Gasteiger charge is 1.98. The van der Waals surface area contributed by atoms with E-state index in [1.807, 2.05) is 24.3 Å². The van der Waals surface area contributed by atoms with Crippen LogP contribution in [0.3, 0.4) is 0 Å². The molecule has 0 aromatic heterocycles. The highest BCUT2D eigenvalue weighted by atomic mass is 35.5. The third-order valence-corrected chi connectivity index (χ3v) is 3.03. The topological polar surface area (TPSA) is 21.3 Å². The average Bonchev–Trinajstić information content (AvgIpc) is 2.34. The van der Waals surface area contributed by atoms with Crippen LogP contribution in [-0.4, -0.2) is 19.7 Å². The Hall–Kier alpha value is -0.570. The molecule has 0 aliphatic heterocycles. The SMILES string of the molecule is CC(C)CNCCCCOCc1ccccc1Cl. The minimum Gasteiger partial charge on any atom is -0.377 e. The fourth-order valence-corrected chi connectivity index (χ4v) is 1.83. The smallest absolute Gasteiger partial charge is 0.0731 e. The van der Waals surface area contributed by atoms with Gasteiger partial charge in [0.2, 0.25) is 0 Å². The number of unbranched alkanes of at least 4 members (excludes halogenated alkanes) is 1. The van der Waals surface area contributed by atoms with E-state index in [9.17, 15) is 0 Å². The summed E-state index contributed by atoms with van der Waals surface area (Å²) >= 11 is 6.05. The molecule has 1 aromatic rings. The summed E-state index contributed by atoms with van der Waals surface area (Å²) in [5, 5.41) is 4.21. The summed E-state index contributed by atoms with van der Waals surface area (Å²) in [6, 6.07) is 7.83. The monoisotopic (exact) mass is 269 g/mol. The molecule has 1 aromatic carbocycles. The van der Waals surface area contributed by atoms with Gasteiger partial charge < -0.3 is 10.1 Å². The third kappa shape index (κ3) is 7.00. The van der Waals surface area contributed by atoms with Crippen LogP contribution in [0, 0.1) is 5.92 Å². The molecule has 0 heterocycles. The molecule has 0 saturated carbocycles. The van der Waals surface area contributed by atoms with E-state index in [0.29, 0.717) is 6.61 Å². The van der Waals surface area contributed by atoms with E-state index in [0.717, 1.165) is 49.0 Å². The van der Waals surface area contributed by atoms with Gasteiger partial charge >= 0.3 is 0 Å². The second-order valence-electron chi connectivity index (χ2n) is 4.95. The molecule has 0 bridgehead atoms. The van der Waals surface area contributed by atoms with E-state index >= 15 is 0 Å². The second-order valence-corrected chi connectivity index (χ2v) is 5.36. The zero-order chi connectivity index (χ0) is 13.2. The van der Waals surface area contributed by atoms with Crippen molar-refractivity contribution < 1.29 is 4.74 Å². The zero-order valence-corrected chi connectivity index (χ0v) is 12.2. The van der Waals surface area contributed by atoms with Gasteiger partial charge in [-0.25, -0.2) is 0 Å². The van der Waals surface area contributed by atoms with Crippen LogP contribution in [0.4, 0.5) is 0 Å². The molecule has 1 rings (SSSR count). The Bertz CT molecular complexity index is 328. The normalized spacial score (nSPS) is 11.1. The van der Waals surface area contributed by atoms with Crippen molar-refractivity contribution in [2.75, 3.05) is 19.7 Å². The Morgan fingerprint density at radius 2 is 2.00 bits per heavy atom. The van der Waals surface area contributed by atoms with Crippen LogP contribution < -0.4 is 5.32 Å². The maximum atomic E-state index is 6.05. The van der Waals surface area contributed by atoms with E-state index < -0.39 is 0 Å². The van der Waals surface area contributed by atoms with E-state index in [1.165, 1.54) is 0 Å². The predicted octanol–water partition coefficient (Wildman–Crippen LogP) is 3.88. The Kier molecular flexibility index (Phi) is 8.06. The number of rotatable bonds is 9. The van der Waals surface area contributed by atoms with Crippen LogP contribution in [-0.2, 0) is 11.3 Å². The first kappa shape index (κ1) is 15.5. The number of hydrogen-bond acceptors (Lipinski definition) is 2. The zero-order valence-electron chi connectivity index (χ0n) is 11.4. The molecule has 0 unspecified atom stereocenters. The number of benzene rings is 1. The largest absolute Gasteiger partial charge is 0.377 e. The van der Waals surface area contributed by atoms with Gasteiger partial charge in [-0.3, -0.25) is 0 Å². The van der Waals surface area contributed by atoms with Crippen LogP contribution in [0.5, 0.6) is 0 Å². The third-order valence-electron chi connectivity index (χ3n) is 2.66. The summed E-state index contributed by atoms with van der Waals surface area (Å²) in [5.41, 5.74) is 1.07. The molecule has 0 fully saturated rings. The maximum Gasteiger partial charge on any atom is 0.0731 e. The molecule has 0 radical (unpaired) electrons. The lowest BCUT2D eigenvalue weighted by Gasteiger charge is -2.08. The van der Waals surface area contributed by atoms with Gasteiger partial charge in [-0.1, -0.05) is 43.6 Å². The lowest BCUT2D eigenvalue weighted by Crippen LogP contribution is -2.20. The molecule has 2 nitrogen and oxygen atoms in total. The molecule has 0 aliphatic rings. The van der Waals surface area contributed by atoms with Crippen LogP contribution in [0.15, 0.2) is 24.3 Å². The van der Waals surface area contributed by atoms with Crippen molar-refractivity contribution in [3.8, 4) is 0 Å². The van der Waals surface area contributed by atoms with Gasteiger partial charge in [-0.2, -0.15) is 0 Å². The van der Waals surface area contributed by atoms with Gasteiger partial charge in [-0.05, 0) is 43.5 Å². The number of hydrogen-bond donors (Lipinski definition) is 1. The quantitative estimate of drug-likeness (QED) is 0.687. The summed E-state index contributed by atoms with van der Waals surface area (Å²) in [6.45, 7) is 8.03. The molecule has 0 aliphatic carbocycles. The molecule has 102 valence electrons. The van der Waals surface area contributed by atoms with Gasteiger partial charge in [-0.15, -0.1) is 0 Å². The summed E-state index contributed by atoms with van der Waals surface area (Å²) in [6.07, 6.45) is 2.25. The molecule has 18 heavy (non-hydrogen) atoms. The van der Waals surface area contributed by atoms with Crippen molar-refractivity contribution in [2.45, 2.75) is 33.3 Å². The van der Waals surface area contributed by atoms with Gasteiger partial charge in [0.1, 0.15) is 0 Å². The van der Waals surface area contributed by atoms with Crippen molar-refractivity contribution in [1.29, 1.82) is 0 Å². The van der Waals surface area contributed by atoms with Crippen molar-refractivity contribution >= 4 is 11.6 Å². The lowest BCUT2D eigenvalue weighted by atomic mass is 10.2. The maximum absolute atomic E-state index is 6.05. The first-order valence-corrected chi connectivity index (χ1v) is 7.10. The molecule has 3 heteroatoms.